The van der Waals surface area contributed by atoms with Crippen molar-refractivity contribution in [3.63, 3.8) is 0 Å². The summed E-state index contributed by atoms with van der Waals surface area (Å²) in [5.41, 5.74) is 3.54. The molecule has 37 heavy (non-hydrogen) atoms. The van der Waals surface area contributed by atoms with Gasteiger partial charge in [-0.3, -0.25) is 4.98 Å². The van der Waals surface area contributed by atoms with E-state index in [0.717, 1.165) is 35.3 Å². The highest BCUT2D eigenvalue weighted by Gasteiger charge is 2.18. The van der Waals surface area contributed by atoms with Crippen LogP contribution in [-0.2, 0) is 6.42 Å². The van der Waals surface area contributed by atoms with E-state index in [0.29, 0.717) is 6.61 Å². The van der Waals surface area contributed by atoms with Gasteiger partial charge in [0.25, 0.3) is 0 Å². The molecule has 2 aromatic rings. The maximum Gasteiger partial charge on any atom is 0.119 e. The Morgan fingerprint density at radius 3 is 2.11 bits per heavy atom. The molecule has 0 saturated heterocycles. The van der Waals surface area contributed by atoms with E-state index in [1.165, 1.54) is 108 Å². The zero-order valence-electron chi connectivity index (χ0n) is 23.9. The van der Waals surface area contributed by atoms with Gasteiger partial charge in [0.2, 0.25) is 0 Å². The molecule has 2 nitrogen and oxygen atoms in total. The van der Waals surface area contributed by atoms with Gasteiger partial charge in [-0.25, -0.2) is 0 Å². The van der Waals surface area contributed by atoms with E-state index in [1.807, 2.05) is 0 Å². The number of hydrogen-bond donors (Lipinski definition) is 0. The molecule has 1 heterocycles. The molecular weight excluding hydrogens is 450 g/mol. The first-order valence-corrected chi connectivity index (χ1v) is 15.6. The van der Waals surface area contributed by atoms with E-state index < -0.39 is 0 Å². The van der Waals surface area contributed by atoms with Gasteiger partial charge >= 0.3 is 0 Å². The van der Waals surface area contributed by atoms with Crippen LogP contribution in [0.15, 0.2) is 54.7 Å². The molecule has 0 atom stereocenters. The average Bonchev–Trinajstić information content (AvgIpc) is 2.94. The third-order valence-corrected chi connectivity index (χ3v) is 8.16. The smallest absolute Gasteiger partial charge is 0.119 e. The number of rotatable bonds is 18. The van der Waals surface area contributed by atoms with E-state index in [1.54, 1.807) is 0 Å². The second-order valence-corrected chi connectivity index (χ2v) is 11.3. The molecule has 0 aliphatic heterocycles. The number of benzene rings is 1. The molecule has 0 bridgehead atoms. The van der Waals surface area contributed by atoms with E-state index >= 15 is 0 Å². The van der Waals surface area contributed by atoms with Crippen molar-refractivity contribution in [2.24, 2.45) is 11.8 Å². The average molecular weight is 504 g/mol. The topological polar surface area (TPSA) is 22.1 Å². The Morgan fingerprint density at radius 1 is 0.757 bits per heavy atom. The Bertz CT molecular complexity index is 846. The summed E-state index contributed by atoms with van der Waals surface area (Å²) in [6.45, 7) is 5.23. The highest BCUT2D eigenvalue weighted by atomic mass is 16.5. The van der Waals surface area contributed by atoms with Gasteiger partial charge in [-0.2, -0.15) is 0 Å². The Morgan fingerprint density at radius 2 is 1.43 bits per heavy atom. The molecule has 1 saturated carbocycles. The molecule has 1 aliphatic carbocycles. The lowest BCUT2D eigenvalue weighted by Gasteiger charge is -2.26. The molecule has 1 aromatic heterocycles. The SMILES string of the molecule is CCCCCCCCCCc1ccc(-c2ccc(OC/C=C/C3CCC(CCCCC)CC3)cc2)nc1. The van der Waals surface area contributed by atoms with Gasteiger partial charge in [-0.1, -0.05) is 103 Å². The van der Waals surface area contributed by atoms with Crippen molar-refractivity contribution in [2.45, 2.75) is 123 Å². The Labute approximate surface area is 228 Å². The molecule has 0 radical (unpaired) electrons. The summed E-state index contributed by atoms with van der Waals surface area (Å²) in [5, 5.41) is 0. The van der Waals surface area contributed by atoms with Crippen molar-refractivity contribution < 1.29 is 4.74 Å². The predicted molar refractivity (Wildman–Crippen MR) is 160 cm³/mol. The second-order valence-electron chi connectivity index (χ2n) is 11.3. The van der Waals surface area contributed by atoms with Gasteiger partial charge in [0.15, 0.2) is 0 Å². The summed E-state index contributed by atoms with van der Waals surface area (Å²) >= 11 is 0. The molecule has 0 spiro atoms. The van der Waals surface area contributed by atoms with Crippen molar-refractivity contribution in [2.75, 3.05) is 6.61 Å². The maximum atomic E-state index is 5.98. The van der Waals surface area contributed by atoms with Crippen LogP contribution >= 0.6 is 0 Å². The van der Waals surface area contributed by atoms with Gasteiger partial charge in [0.1, 0.15) is 12.4 Å². The highest BCUT2D eigenvalue weighted by molar-refractivity contribution is 5.60. The fraction of sp³-hybridized carbons (Fsp3) is 0.629. The molecule has 0 N–H and O–H groups in total. The van der Waals surface area contributed by atoms with Crippen LogP contribution in [0.4, 0.5) is 0 Å². The molecule has 1 aliphatic rings. The Hall–Kier alpha value is -2.09. The summed E-state index contributed by atoms with van der Waals surface area (Å²) < 4.78 is 5.98. The molecule has 204 valence electrons. The number of nitrogens with zero attached hydrogens (tertiary/aromatic N) is 1. The molecule has 0 amide bonds. The summed E-state index contributed by atoms with van der Waals surface area (Å²) in [5.74, 6) is 2.66. The van der Waals surface area contributed by atoms with Crippen LogP contribution in [0.3, 0.4) is 0 Å². The predicted octanol–water partition coefficient (Wildman–Crippen LogP) is 10.8. The Kier molecular flexibility index (Phi) is 14.5. The normalized spacial score (nSPS) is 17.9. The number of aromatic nitrogens is 1. The standard InChI is InChI=1S/C35H53NO/c1-3-5-7-8-9-10-11-13-16-32-22-27-35(36-29-32)33-23-25-34(26-24-33)37-28-14-17-31-20-18-30(19-21-31)15-12-6-4-2/h14,17,22-27,29-31H,3-13,15-16,18-21,28H2,1-2H3/b17-14+. The zero-order chi connectivity index (χ0) is 26.0. The minimum atomic E-state index is 0.654. The second kappa shape index (κ2) is 18.2. The van der Waals surface area contributed by atoms with E-state index in [-0.39, 0.29) is 0 Å². The van der Waals surface area contributed by atoms with Crippen LogP contribution in [0.1, 0.15) is 122 Å². The van der Waals surface area contributed by atoms with Crippen LogP contribution in [0.25, 0.3) is 11.3 Å². The van der Waals surface area contributed by atoms with Crippen LogP contribution in [0.5, 0.6) is 5.75 Å². The number of aryl methyl sites for hydroxylation is 1. The van der Waals surface area contributed by atoms with E-state index in [4.69, 9.17) is 9.72 Å². The van der Waals surface area contributed by atoms with Gasteiger partial charge in [-0.05, 0) is 86.3 Å². The van der Waals surface area contributed by atoms with Gasteiger partial charge in [0, 0.05) is 11.8 Å². The third-order valence-electron chi connectivity index (χ3n) is 8.16. The third kappa shape index (κ3) is 11.9. The molecule has 1 aromatic carbocycles. The number of unbranched alkanes of at least 4 members (excludes halogenated alkanes) is 9. The highest BCUT2D eigenvalue weighted by Crippen LogP contribution is 2.32. The van der Waals surface area contributed by atoms with Crippen LogP contribution < -0.4 is 4.74 Å². The molecule has 2 heteroatoms. The lowest BCUT2D eigenvalue weighted by Crippen LogP contribution is -2.13. The molecule has 1 fully saturated rings. The fourth-order valence-corrected chi connectivity index (χ4v) is 5.67. The first-order chi connectivity index (χ1) is 18.3. The first-order valence-electron chi connectivity index (χ1n) is 15.6. The van der Waals surface area contributed by atoms with Gasteiger partial charge in [-0.15, -0.1) is 0 Å². The largest absolute Gasteiger partial charge is 0.490 e. The van der Waals surface area contributed by atoms with Crippen molar-refractivity contribution >= 4 is 0 Å². The van der Waals surface area contributed by atoms with Crippen LogP contribution in [-0.4, -0.2) is 11.6 Å². The quantitative estimate of drug-likeness (QED) is 0.149. The summed E-state index contributed by atoms with van der Waals surface area (Å²) in [7, 11) is 0. The fourth-order valence-electron chi connectivity index (χ4n) is 5.67. The minimum absolute atomic E-state index is 0.654. The summed E-state index contributed by atoms with van der Waals surface area (Å²) in [6.07, 6.45) is 29.9. The van der Waals surface area contributed by atoms with Gasteiger partial charge in [0.05, 0.1) is 5.69 Å². The Balaban J connectivity index is 1.30. The molecular formula is C35H53NO. The lowest BCUT2D eigenvalue weighted by molar-refractivity contribution is 0.288. The number of pyridine rings is 1. The van der Waals surface area contributed by atoms with E-state index in [2.05, 4.69) is 68.6 Å². The van der Waals surface area contributed by atoms with Crippen molar-refractivity contribution in [3.05, 3.63) is 60.3 Å². The summed E-state index contributed by atoms with van der Waals surface area (Å²) in [6, 6.07) is 12.8. The summed E-state index contributed by atoms with van der Waals surface area (Å²) in [4.78, 5) is 4.73. The number of allylic oxidation sites excluding steroid dienone is 1. The van der Waals surface area contributed by atoms with Crippen LogP contribution in [0.2, 0.25) is 0 Å². The lowest BCUT2D eigenvalue weighted by atomic mass is 9.79. The maximum absolute atomic E-state index is 5.98. The molecule has 0 unspecified atom stereocenters. The van der Waals surface area contributed by atoms with E-state index in [9.17, 15) is 0 Å². The number of ether oxygens (including phenoxy) is 1. The van der Waals surface area contributed by atoms with Crippen molar-refractivity contribution in [1.82, 2.24) is 4.98 Å². The van der Waals surface area contributed by atoms with Crippen LogP contribution in [0, 0.1) is 11.8 Å². The first kappa shape index (κ1) is 29.5. The molecule has 3 rings (SSSR count). The van der Waals surface area contributed by atoms with Gasteiger partial charge < -0.3 is 4.74 Å². The van der Waals surface area contributed by atoms with Crippen molar-refractivity contribution in [3.8, 4) is 17.0 Å². The number of hydrogen-bond acceptors (Lipinski definition) is 2. The monoisotopic (exact) mass is 503 g/mol. The van der Waals surface area contributed by atoms with Crippen molar-refractivity contribution in [1.29, 1.82) is 0 Å². The minimum Gasteiger partial charge on any atom is -0.490 e. The zero-order valence-corrected chi connectivity index (χ0v) is 23.9.